The third kappa shape index (κ3) is 5.06. The minimum Gasteiger partial charge on any atom is -0.350 e. The molecule has 1 fully saturated rings. The molecule has 17 heavy (non-hydrogen) atoms. The van der Waals surface area contributed by atoms with E-state index in [1.54, 1.807) is 7.05 Å². The fourth-order valence-electron chi connectivity index (χ4n) is 1.88. The number of carbonyl (C=O) groups is 1. The summed E-state index contributed by atoms with van der Waals surface area (Å²) in [5.41, 5.74) is -0.185. The molecule has 1 heterocycles. The van der Waals surface area contributed by atoms with Gasteiger partial charge >= 0.3 is 0 Å². The molecule has 0 aliphatic carbocycles. The minimum atomic E-state index is -0.185. The molecule has 0 bridgehead atoms. The van der Waals surface area contributed by atoms with E-state index in [0.29, 0.717) is 0 Å². The molecule has 0 saturated carbocycles. The van der Waals surface area contributed by atoms with E-state index >= 15 is 0 Å². The van der Waals surface area contributed by atoms with Crippen molar-refractivity contribution in [1.82, 2.24) is 15.5 Å². The number of aliphatic imine (C=N–C) groups is 1. The summed E-state index contributed by atoms with van der Waals surface area (Å²) in [6.45, 7) is 8.25. The van der Waals surface area contributed by atoms with Crippen LogP contribution in [0.1, 0.15) is 33.6 Å². The van der Waals surface area contributed by atoms with Gasteiger partial charge < -0.3 is 15.5 Å². The molecular formula is C12H24N4O. The van der Waals surface area contributed by atoms with Crippen LogP contribution in [0.5, 0.6) is 0 Å². The zero-order valence-corrected chi connectivity index (χ0v) is 11.3. The molecule has 0 aromatic heterocycles. The first-order valence-electron chi connectivity index (χ1n) is 6.19. The topological polar surface area (TPSA) is 56.7 Å². The highest BCUT2D eigenvalue weighted by Gasteiger charge is 2.17. The number of rotatable bonds is 2. The van der Waals surface area contributed by atoms with Gasteiger partial charge in [-0.15, -0.1) is 0 Å². The third-order valence-corrected chi connectivity index (χ3v) is 2.54. The van der Waals surface area contributed by atoms with Crippen LogP contribution < -0.4 is 10.6 Å². The molecule has 0 atom stereocenters. The van der Waals surface area contributed by atoms with Gasteiger partial charge in [0.1, 0.15) is 0 Å². The van der Waals surface area contributed by atoms with E-state index < -0.39 is 0 Å². The van der Waals surface area contributed by atoms with Crippen molar-refractivity contribution < 1.29 is 4.79 Å². The van der Waals surface area contributed by atoms with Crippen LogP contribution in [0.4, 0.5) is 0 Å². The predicted molar refractivity (Wildman–Crippen MR) is 70.1 cm³/mol. The lowest BCUT2D eigenvalue weighted by Gasteiger charge is -2.23. The second-order valence-corrected chi connectivity index (χ2v) is 5.39. The summed E-state index contributed by atoms with van der Waals surface area (Å²) in [7, 11) is 1.75. The molecule has 1 aliphatic rings. The number of amides is 1. The molecule has 0 aromatic rings. The highest BCUT2D eigenvalue weighted by atomic mass is 16.2. The Morgan fingerprint density at radius 1 is 1.29 bits per heavy atom. The highest BCUT2D eigenvalue weighted by molar-refractivity contribution is 5.86. The Labute approximate surface area is 104 Å². The Hall–Kier alpha value is -1.26. The van der Waals surface area contributed by atoms with Crippen LogP contribution in [0.15, 0.2) is 4.99 Å². The van der Waals surface area contributed by atoms with Crippen molar-refractivity contribution in [2.75, 3.05) is 26.7 Å². The zero-order chi connectivity index (χ0) is 12.9. The molecule has 0 unspecified atom stereocenters. The molecule has 1 rings (SSSR count). The van der Waals surface area contributed by atoms with Gasteiger partial charge in [-0.05, 0) is 33.6 Å². The van der Waals surface area contributed by atoms with Crippen LogP contribution in [0.2, 0.25) is 0 Å². The molecule has 5 heteroatoms. The molecular weight excluding hydrogens is 216 g/mol. The normalized spacial score (nSPS) is 17.2. The number of nitrogens with one attached hydrogen (secondary N) is 2. The van der Waals surface area contributed by atoms with E-state index in [9.17, 15) is 4.79 Å². The Balaban J connectivity index is 2.35. The molecule has 0 aromatic carbocycles. The molecule has 2 N–H and O–H groups in total. The van der Waals surface area contributed by atoms with Crippen molar-refractivity contribution in [1.29, 1.82) is 0 Å². The van der Waals surface area contributed by atoms with Crippen LogP contribution in [0.25, 0.3) is 0 Å². The molecule has 0 spiro atoms. The van der Waals surface area contributed by atoms with E-state index in [1.165, 1.54) is 12.8 Å². The number of nitrogens with zero attached hydrogens (tertiary/aromatic N) is 2. The van der Waals surface area contributed by atoms with Crippen LogP contribution >= 0.6 is 0 Å². The summed E-state index contributed by atoms with van der Waals surface area (Å²) in [5, 5.41) is 6.01. The summed E-state index contributed by atoms with van der Waals surface area (Å²) in [5.74, 6) is 0.824. The zero-order valence-electron chi connectivity index (χ0n) is 11.3. The van der Waals surface area contributed by atoms with Gasteiger partial charge in [0.25, 0.3) is 0 Å². The van der Waals surface area contributed by atoms with E-state index in [4.69, 9.17) is 0 Å². The molecule has 98 valence electrons. The van der Waals surface area contributed by atoms with Crippen molar-refractivity contribution in [2.45, 2.75) is 39.2 Å². The van der Waals surface area contributed by atoms with Crippen LogP contribution in [0, 0.1) is 0 Å². The number of hydrogen-bond acceptors (Lipinski definition) is 2. The summed E-state index contributed by atoms with van der Waals surface area (Å²) in [6, 6.07) is 0. The maximum atomic E-state index is 11.6. The van der Waals surface area contributed by atoms with Gasteiger partial charge in [-0.25, -0.2) is 0 Å². The first-order valence-corrected chi connectivity index (χ1v) is 6.19. The lowest BCUT2D eigenvalue weighted by molar-refractivity contribution is -0.121. The average molecular weight is 240 g/mol. The van der Waals surface area contributed by atoms with E-state index in [2.05, 4.69) is 20.5 Å². The fourth-order valence-corrected chi connectivity index (χ4v) is 1.88. The van der Waals surface area contributed by atoms with Crippen LogP contribution in [0.3, 0.4) is 0 Å². The Morgan fingerprint density at radius 2 is 1.88 bits per heavy atom. The number of carbonyl (C=O) groups excluding carboxylic acids is 1. The number of guanidine groups is 1. The third-order valence-electron chi connectivity index (χ3n) is 2.54. The highest BCUT2D eigenvalue weighted by Crippen LogP contribution is 2.06. The molecule has 1 aliphatic heterocycles. The van der Waals surface area contributed by atoms with E-state index in [0.717, 1.165) is 19.0 Å². The second-order valence-electron chi connectivity index (χ2n) is 5.39. The fraction of sp³-hybridized carbons (Fsp3) is 0.833. The van der Waals surface area contributed by atoms with Crippen molar-refractivity contribution in [3.63, 3.8) is 0 Å². The predicted octanol–water partition coefficient (Wildman–Crippen LogP) is 0.572. The van der Waals surface area contributed by atoms with Gasteiger partial charge in [-0.3, -0.25) is 9.79 Å². The maximum Gasteiger partial charge on any atom is 0.239 e. The summed E-state index contributed by atoms with van der Waals surface area (Å²) in [6.07, 6.45) is 2.41. The van der Waals surface area contributed by atoms with Crippen molar-refractivity contribution in [3.8, 4) is 0 Å². The van der Waals surface area contributed by atoms with Gasteiger partial charge in [-0.1, -0.05) is 0 Å². The second kappa shape index (κ2) is 5.89. The number of hydrogen-bond donors (Lipinski definition) is 2. The van der Waals surface area contributed by atoms with Gasteiger partial charge in [0, 0.05) is 25.7 Å². The lowest BCUT2D eigenvalue weighted by atomic mass is 10.1. The van der Waals surface area contributed by atoms with Gasteiger partial charge in [0.2, 0.25) is 5.91 Å². The monoisotopic (exact) mass is 240 g/mol. The van der Waals surface area contributed by atoms with Crippen molar-refractivity contribution in [3.05, 3.63) is 0 Å². The standard InChI is InChI=1S/C12H24N4O/c1-12(2,3)15-10(17)9-14-11(13-4)16-7-5-6-8-16/h5-9H2,1-4H3,(H,13,14)(H,15,17). The van der Waals surface area contributed by atoms with Crippen LogP contribution in [-0.4, -0.2) is 49.0 Å². The largest absolute Gasteiger partial charge is 0.350 e. The lowest BCUT2D eigenvalue weighted by Crippen LogP contribution is -2.48. The van der Waals surface area contributed by atoms with Crippen molar-refractivity contribution in [2.24, 2.45) is 4.99 Å². The summed E-state index contributed by atoms with van der Waals surface area (Å²) in [4.78, 5) is 18.0. The SMILES string of the molecule is CN=C(NCC(=O)NC(C)(C)C)N1CCCC1. The Morgan fingerprint density at radius 3 is 2.35 bits per heavy atom. The van der Waals surface area contributed by atoms with Gasteiger partial charge in [0.05, 0.1) is 6.54 Å². The Kier molecular flexibility index (Phi) is 4.78. The number of likely N-dealkylation sites (tertiary alicyclic amines) is 1. The van der Waals surface area contributed by atoms with E-state index in [1.807, 2.05) is 20.8 Å². The molecule has 1 saturated heterocycles. The molecule has 0 radical (unpaired) electrons. The minimum absolute atomic E-state index is 0.00199. The first-order chi connectivity index (χ1) is 7.92. The Bertz CT molecular complexity index is 287. The average Bonchev–Trinajstić information content (AvgIpc) is 2.69. The van der Waals surface area contributed by atoms with Gasteiger partial charge in [0.15, 0.2) is 5.96 Å². The van der Waals surface area contributed by atoms with Crippen molar-refractivity contribution >= 4 is 11.9 Å². The van der Waals surface area contributed by atoms with Gasteiger partial charge in [-0.2, -0.15) is 0 Å². The first kappa shape index (κ1) is 13.8. The summed E-state index contributed by atoms with van der Waals surface area (Å²) >= 11 is 0. The maximum absolute atomic E-state index is 11.6. The quantitative estimate of drug-likeness (QED) is 0.548. The van der Waals surface area contributed by atoms with Crippen LogP contribution in [-0.2, 0) is 4.79 Å². The smallest absolute Gasteiger partial charge is 0.239 e. The summed E-state index contributed by atoms with van der Waals surface area (Å²) < 4.78 is 0. The van der Waals surface area contributed by atoms with E-state index in [-0.39, 0.29) is 18.0 Å². The molecule has 5 nitrogen and oxygen atoms in total. The molecule has 1 amide bonds.